The van der Waals surface area contributed by atoms with Crippen molar-refractivity contribution in [1.29, 1.82) is 5.26 Å². The number of para-hydroxylation sites is 1. The summed E-state index contributed by atoms with van der Waals surface area (Å²) < 4.78 is 6.15. The fourth-order valence-electron chi connectivity index (χ4n) is 5.07. The molecule has 2 atom stereocenters. The number of benzene rings is 2. The van der Waals surface area contributed by atoms with Crippen LogP contribution < -0.4 is 10.2 Å². The maximum Gasteiger partial charge on any atom is 0.337 e. The van der Waals surface area contributed by atoms with E-state index in [4.69, 9.17) is 14.7 Å². The first-order chi connectivity index (χ1) is 16.8. The number of carboxylic acids is 1. The van der Waals surface area contributed by atoms with Gasteiger partial charge in [0.1, 0.15) is 6.07 Å². The van der Waals surface area contributed by atoms with Crippen molar-refractivity contribution in [1.82, 2.24) is 9.97 Å². The van der Waals surface area contributed by atoms with Crippen molar-refractivity contribution in [3.05, 3.63) is 58.8 Å². The maximum atomic E-state index is 11.7. The standard InChI is InChI=1S/C27H29N5O3/c1-16-12-20(17(2)29-21-7-5-4-6-19(21)26(33)34)24-22(13-16)30-23(14-28)25(31-24)32-10-11-35-27(3,15-32)18-8-9-18/h4-7,12-13,17-18,29H,8-11,15H2,1-3H3,(H,33,34)/t17-,27?/m1/s1. The van der Waals surface area contributed by atoms with Crippen LogP contribution in [0.4, 0.5) is 11.5 Å². The minimum absolute atomic E-state index is 0.211. The number of nitriles is 1. The van der Waals surface area contributed by atoms with Crippen molar-refractivity contribution < 1.29 is 14.6 Å². The van der Waals surface area contributed by atoms with Crippen molar-refractivity contribution in [2.45, 2.75) is 45.3 Å². The Hall–Kier alpha value is -3.70. The molecule has 1 aliphatic heterocycles. The first kappa shape index (κ1) is 23.1. The molecular weight excluding hydrogens is 442 g/mol. The van der Waals surface area contributed by atoms with Gasteiger partial charge in [-0.25, -0.2) is 14.8 Å². The molecule has 3 aromatic rings. The number of morpholine rings is 1. The van der Waals surface area contributed by atoms with Gasteiger partial charge in [-0.15, -0.1) is 0 Å². The Balaban J connectivity index is 1.56. The van der Waals surface area contributed by atoms with E-state index in [0.29, 0.717) is 53.8 Å². The molecule has 2 aromatic carbocycles. The highest BCUT2D eigenvalue weighted by Gasteiger charge is 2.46. The summed E-state index contributed by atoms with van der Waals surface area (Å²) in [5.41, 5.74) is 4.07. The predicted molar refractivity (Wildman–Crippen MR) is 134 cm³/mol. The minimum Gasteiger partial charge on any atom is -0.478 e. The molecular formula is C27H29N5O3. The second kappa shape index (κ2) is 8.82. The molecule has 2 fully saturated rings. The minimum atomic E-state index is -0.985. The lowest BCUT2D eigenvalue weighted by Crippen LogP contribution is -2.52. The highest BCUT2D eigenvalue weighted by Crippen LogP contribution is 2.44. The number of nitrogens with one attached hydrogen (secondary N) is 1. The molecule has 2 heterocycles. The fourth-order valence-corrected chi connectivity index (χ4v) is 5.07. The van der Waals surface area contributed by atoms with Gasteiger partial charge in [-0.1, -0.05) is 18.2 Å². The Morgan fingerprint density at radius 1 is 1.31 bits per heavy atom. The van der Waals surface area contributed by atoms with Gasteiger partial charge in [-0.3, -0.25) is 0 Å². The second-order valence-electron chi connectivity index (χ2n) is 9.80. The van der Waals surface area contributed by atoms with Crippen LogP contribution in [0.1, 0.15) is 59.9 Å². The van der Waals surface area contributed by atoms with Gasteiger partial charge >= 0.3 is 5.97 Å². The summed E-state index contributed by atoms with van der Waals surface area (Å²) in [6, 6.07) is 12.8. The van der Waals surface area contributed by atoms with Crippen molar-refractivity contribution >= 4 is 28.5 Å². The number of carbonyl (C=O) groups is 1. The Morgan fingerprint density at radius 2 is 2.09 bits per heavy atom. The van der Waals surface area contributed by atoms with Gasteiger partial charge in [-0.05, 0) is 63.3 Å². The van der Waals surface area contributed by atoms with E-state index in [-0.39, 0.29) is 17.2 Å². The third-order valence-electron chi connectivity index (χ3n) is 7.07. The fraction of sp³-hybridized carbons (Fsp3) is 0.407. The van der Waals surface area contributed by atoms with Crippen LogP contribution in [0.5, 0.6) is 0 Å². The average molecular weight is 472 g/mol. The zero-order valence-corrected chi connectivity index (χ0v) is 20.2. The van der Waals surface area contributed by atoms with Crippen LogP contribution in [0.3, 0.4) is 0 Å². The molecule has 0 amide bonds. The summed E-state index contributed by atoms with van der Waals surface area (Å²) in [7, 11) is 0. The van der Waals surface area contributed by atoms with Gasteiger partial charge in [0.15, 0.2) is 11.5 Å². The van der Waals surface area contributed by atoms with E-state index in [1.165, 1.54) is 12.8 Å². The van der Waals surface area contributed by atoms with Crippen LogP contribution in [0, 0.1) is 24.2 Å². The van der Waals surface area contributed by atoms with Gasteiger partial charge in [-0.2, -0.15) is 5.26 Å². The zero-order valence-electron chi connectivity index (χ0n) is 20.2. The van der Waals surface area contributed by atoms with E-state index in [2.05, 4.69) is 23.2 Å². The summed E-state index contributed by atoms with van der Waals surface area (Å²) in [5.74, 6) is 0.139. The van der Waals surface area contributed by atoms with Crippen molar-refractivity contribution in [2.24, 2.45) is 5.92 Å². The van der Waals surface area contributed by atoms with E-state index in [1.54, 1.807) is 18.2 Å². The number of hydrogen-bond donors (Lipinski definition) is 2. The lowest BCUT2D eigenvalue weighted by molar-refractivity contribution is -0.0577. The SMILES string of the molecule is Cc1cc([C@@H](C)Nc2ccccc2C(=O)O)c2nc(N3CCOC(C)(C4CC4)C3)c(C#N)nc2c1. The summed E-state index contributed by atoms with van der Waals surface area (Å²) in [4.78, 5) is 23.5. The Morgan fingerprint density at radius 3 is 2.80 bits per heavy atom. The molecule has 5 rings (SSSR count). The number of ether oxygens (including phenoxy) is 1. The van der Waals surface area contributed by atoms with Crippen LogP contribution in [0.2, 0.25) is 0 Å². The second-order valence-corrected chi connectivity index (χ2v) is 9.80. The monoisotopic (exact) mass is 471 g/mol. The van der Waals surface area contributed by atoms with Crippen LogP contribution in [-0.4, -0.2) is 46.3 Å². The first-order valence-corrected chi connectivity index (χ1v) is 12.0. The molecule has 0 bridgehead atoms. The smallest absolute Gasteiger partial charge is 0.337 e. The largest absolute Gasteiger partial charge is 0.478 e. The van der Waals surface area contributed by atoms with Gasteiger partial charge in [0, 0.05) is 24.3 Å². The van der Waals surface area contributed by atoms with Gasteiger partial charge in [0.25, 0.3) is 0 Å². The summed E-state index contributed by atoms with van der Waals surface area (Å²) >= 11 is 0. The van der Waals surface area contributed by atoms with Crippen LogP contribution in [0.15, 0.2) is 36.4 Å². The van der Waals surface area contributed by atoms with E-state index in [0.717, 1.165) is 11.1 Å². The van der Waals surface area contributed by atoms with Crippen molar-refractivity contribution in [3.63, 3.8) is 0 Å². The summed E-state index contributed by atoms with van der Waals surface area (Å²) in [6.45, 7) is 8.02. The molecule has 2 aliphatic rings. The topological polar surface area (TPSA) is 111 Å². The summed E-state index contributed by atoms with van der Waals surface area (Å²) in [5, 5.41) is 22.8. The molecule has 8 heteroatoms. The normalized spacial score (nSPS) is 20.9. The number of aryl methyl sites for hydroxylation is 1. The molecule has 0 radical (unpaired) electrons. The molecule has 2 N–H and O–H groups in total. The number of carboxylic acid groups (broad SMARTS) is 1. The van der Waals surface area contributed by atoms with E-state index < -0.39 is 5.97 Å². The van der Waals surface area contributed by atoms with Crippen LogP contribution >= 0.6 is 0 Å². The van der Waals surface area contributed by atoms with E-state index >= 15 is 0 Å². The van der Waals surface area contributed by atoms with E-state index in [9.17, 15) is 15.2 Å². The lowest BCUT2D eigenvalue weighted by atomic mass is 9.97. The zero-order chi connectivity index (χ0) is 24.7. The average Bonchev–Trinajstić information content (AvgIpc) is 3.69. The number of rotatable bonds is 6. The van der Waals surface area contributed by atoms with Crippen LogP contribution in [0.25, 0.3) is 11.0 Å². The molecule has 1 aliphatic carbocycles. The van der Waals surface area contributed by atoms with Gasteiger partial charge in [0.05, 0.1) is 34.8 Å². The Kier molecular flexibility index (Phi) is 5.81. The van der Waals surface area contributed by atoms with E-state index in [1.807, 2.05) is 32.0 Å². The number of aromatic carboxylic acids is 1. The predicted octanol–water partition coefficient (Wildman–Crippen LogP) is 4.69. The molecule has 8 nitrogen and oxygen atoms in total. The molecule has 1 aromatic heterocycles. The van der Waals surface area contributed by atoms with Crippen molar-refractivity contribution in [2.75, 3.05) is 29.9 Å². The lowest BCUT2D eigenvalue weighted by Gasteiger charge is -2.41. The molecule has 1 unspecified atom stereocenters. The third kappa shape index (κ3) is 4.40. The molecule has 180 valence electrons. The number of aromatic nitrogens is 2. The quantitative estimate of drug-likeness (QED) is 0.533. The third-order valence-corrected chi connectivity index (χ3v) is 7.07. The molecule has 1 saturated carbocycles. The highest BCUT2D eigenvalue weighted by atomic mass is 16.5. The molecule has 35 heavy (non-hydrogen) atoms. The first-order valence-electron chi connectivity index (χ1n) is 12.0. The molecule has 0 spiro atoms. The number of anilines is 2. The maximum absolute atomic E-state index is 11.7. The highest BCUT2D eigenvalue weighted by molar-refractivity contribution is 5.94. The van der Waals surface area contributed by atoms with Gasteiger partial charge < -0.3 is 20.1 Å². The summed E-state index contributed by atoms with van der Waals surface area (Å²) in [6.07, 6.45) is 2.34. The van der Waals surface area contributed by atoms with Crippen molar-refractivity contribution in [3.8, 4) is 6.07 Å². The van der Waals surface area contributed by atoms with Crippen LogP contribution in [-0.2, 0) is 4.74 Å². The molecule has 1 saturated heterocycles. The number of nitrogens with zero attached hydrogens (tertiary/aromatic N) is 4. The van der Waals surface area contributed by atoms with Gasteiger partial charge in [0.2, 0.25) is 0 Å². The number of fused-ring (bicyclic) bond motifs is 1. The number of hydrogen-bond acceptors (Lipinski definition) is 7. The Labute approximate surface area is 204 Å². The Bertz CT molecular complexity index is 1350.